The zero-order valence-corrected chi connectivity index (χ0v) is 15.9. The van der Waals surface area contributed by atoms with Crippen molar-refractivity contribution >= 4 is 60.6 Å². The van der Waals surface area contributed by atoms with E-state index in [1.54, 1.807) is 42.1 Å². The number of thioether (sulfide) groups is 1. The van der Waals surface area contributed by atoms with Gasteiger partial charge in [-0.1, -0.05) is 11.8 Å². The van der Waals surface area contributed by atoms with Gasteiger partial charge in [-0.3, -0.25) is 9.52 Å². The fraction of sp³-hybridized carbons (Fsp3) is 0.125. The van der Waals surface area contributed by atoms with Crippen molar-refractivity contribution < 1.29 is 13.2 Å². The minimum absolute atomic E-state index is 0.121. The number of amides is 1. The molecule has 0 aliphatic heterocycles. The quantitative estimate of drug-likeness (QED) is 0.644. The largest absolute Gasteiger partial charge is 0.326 e. The fourth-order valence-electron chi connectivity index (χ4n) is 2.19. The van der Waals surface area contributed by atoms with E-state index in [1.165, 1.54) is 30.4 Å². The SMILES string of the molecule is CSc1nc2ccc(NS(=O)(=O)c3ccc(NC(C)=O)cc3)cc2s1. The highest BCUT2D eigenvalue weighted by Gasteiger charge is 2.15. The third-order valence-corrected chi connectivity index (χ3v) is 6.68. The van der Waals surface area contributed by atoms with Gasteiger partial charge in [0.1, 0.15) is 0 Å². The van der Waals surface area contributed by atoms with Crippen LogP contribution < -0.4 is 10.0 Å². The van der Waals surface area contributed by atoms with Crippen molar-refractivity contribution in [1.29, 1.82) is 0 Å². The predicted molar refractivity (Wildman–Crippen MR) is 103 cm³/mol. The van der Waals surface area contributed by atoms with Gasteiger partial charge in [-0.2, -0.15) is 0 Å². The molecule has 2 aromatic carbocycles. The molecule has 0 fully saturated rings. The third-order valence-electron chi connectivity index (χ3n) is 3.28. The van der Waals surface area contributed by atoms with E-state index >= 15 is 0 Å². The lowest BCUT2D eigenvalue weighted by atomic mass is 10.3. The molecule has 25 heavy (non-hydrogen) atoms. The lowest BCUT2D eigenvalue weighted by molar-refractivity contribution is -0.114. The predicted octanol–water partition coefficient (Wildman–Crippen LogP) is 3.78. The minimum atomic E-state index is -3.71. The van der Waals surface area contributed by atoms with Crippen molar-refractivity contribution in [2.75, 3.05) is 16.3 Å². The molecule has 0 unspecified atom stereocenters. The molecular weight excluding hydrogens is 378 g/mol. The molecule has 9 heteroatoms. The molecule has 0 aliphatic carbocycles. The Kier molecular flexibility index (Phi) is 4.98. The van der Waals surface area contributed by atoms with E-state index < -0.39 is 10.0 Å². The number of hydrogen-bond acceptors (Lipinski definition) is 6. The summed E-state index contributed by atoms with van der Waals surface area (Å²) in [5.41, 5.74) is 1.87. The van der Waals surface area contributed by atoms with Crippen LogP contribution in [0.2, 0.25) is 0 Å². The van der Waals surface area contributed by atoms with Crippen LogP contribution >= 0.6 is 23.1 Å². The lowest BCUT2D eigenvalue weighted by Crippen LogP contribution is -2.13. The van der Waals surface area contributed by atoms with Crippen LogP contribution in [0.5, 0.6) is 0 Å². The molecule has 1 amide bonds. The fourth-order valence-corrected chi connectivity index (χ4v) is 4.77. The Labute approximate surface area is 153 Å². The molecule has 130 valence electrons. The molecule has 0 saturated carbocycles. The number of carbonyl (C=O) groups excluding carboxylic acids is 1. The molecular formula is C16H15N3O3S3. The molecule has 0 bridgehead atoms. The normalized spacial score (nSPS) is 11.4. The average Bonchev–Trinajstić information content (AvgIpc) is 2.97. The first-order valence-electron chi connectivity index (χ1n) is 7.22. The van der Waals surface area contributed by atoms with Gasteiger partial charge in [-0.15, -0.1) is 11.3 Å². The maximum atomic E-state index is 12.5. The first kappa shape index (κ1) is 17.7. The third kappa shape index (κ3) is 4.12. The van der Waals surface area contributed by atoms with E-state index in [2.05, 4.69) is 15.0 Å². The number of hydrogen-bond donors (Lipinski definition) is 2. The van der Waals surface area contributed by atoms with Crippen molar-refractivity contribution in [3.8, 4) is 0 Å². The highest BCUT2D eigenvalue weighted by Crippen LogP contribution is 2.30. The number of fused-ring (bicyclic) bond motifs is 1. The standard InChI is InChI=1S/C16H15N3O3S3/c1-10(20)17-11-3-6-13(7-4-11)25(21,22)19-12-5-8-14-15(9-12)24-16(18-14)23-2/h3-9,19H,1-2H3,(H,17,20). The van der Waals surface area contributed by atoms with E-state index in [-0.39, 0.29) is 10.8 Å². The molecule has 0 saturated heterocycles. The van der Waals surface area contributed by atoms with Gasteiger partial charge in [0.25, 0.3) is 10.0 Å². The summed E-state index contributed by atoms with van der Waals surface area (Å²) in [7, 11) is -3.71. The van der Waals surface area contributed by atoms with E-state index in [9.17, 15) is 13.2 Å². The molecule has 2 N–H and O–H groups in total. The number of nitrogens with zero attached hydrogens (tertiary/aromatic N) is 1. The van der Waals surface area contributed by atoms with E-state index in [4.69, 9.17) is 0 Å². The average molecular weight is 394 g/mol. The number of sulfonamides is 1. The van der Waals surface area contributed by atoms with Gasteiger partial charge in [0.05, 0.1) is 20.8 Å². The van der Waals surface area contributed by atoms with Gasteiger partial charge < -0.3 is 5.32 Å². The van der Waals surface area contributed by atoms with E-state index in [0.29, 0.717) is 11.4 Å². The summed E-state index contributed by atoms with van der Waals surface area (Å²) in [6, 6.07) is 11.3. The van der Waals surface area contributed by atoms with Crippen LogP contribution in [0.1, 0.15) is 6.92 Å². The Hall–Kier alpha value is -2.10. The summed E-state index contributed by atoms with van der Waals surface area (Å²) in [5.74, 6) is -0.212. The number of rotatable bonds is 5. The van der Waals surface area contributed by atoms with Crippen LogP contribution in [0.15, 0.2) is 51.7 Å². The summed E-state index contributed by atoms with van der Waals surface area (Å²) >= 11 is 3.07. The van der Waals surface area contributed by atoms with Crippen molar-refractivity contribution in [2.24, 2.45) is 0 Å². The summed E-state index contributed by atoms with van der Waals surface area (Å²) < 4.78 is 29.5. The van der Waals surface area contributed by atoms with Crippen molar-refractivity contribution in [2.45, 2.75) is 16.2 Å². The van der Waals surface area contributed by atoms with Gasteiger partial charge >= 0.3 is 0 Å². The maximum Gasteiger partial charge on any atom is 0.261 e. The molecule has 1 heterocycles. The lowest BCUT2D eigenvalue weighted by Gasteiger charge is -2.09. The molecule has 0 radical (unpaired) electrons. The maximum absolute atomic E-state index is 12.5. The van der Waals surface area contributed by atoms with Gasteiger partial charge in [-0.05, 0) is 48.7 Å². The second-order valence-electron chi connectivity index (χ2n) is 5.18. The molecule has 3 rings (SSSR count). The van der Waals surface area contributed by atoms with Gasteiger partial charge in [0.15, 0.2) is 4.34 Å². The zero-order valence-electron chi connectivity index (χ0n) is 13.4. The Morgan fingerprint density at radius 2 is 1.80 bits per heavy atom. The smallest absolute Gasteiger partial charge is 0.261 e. The Morgan fingerprint density at radius 3 is 2.44 bits per heavy atom. The van der Waals surface area contributed by atoms with Crippen LogP contribution in [0.3, 0.4) is 0 Å². The number of aromatic nitrogens is 1. The minimum Gasteiger partial charge on any atom is -0.326 e. The van der Waals surface area contributed by atoms with Crippen LogP contribution in [-0.2, 0) is 14.8 Å². The molecule has 0 aliphatic rings. The van der Waals surface area contributed by atoms with Crippen LogP contribution in [0, 0.1) is 0 Å². The van der Waals surface area contributed by atoms with Gasteiger partial charge in [-0.25, -0.2) is 13.4 Å². The van der Waals surface area contributed by atoms with Gasteiger partial charge in [0.2, 0.25) is 5.91 Å². The molecule has 6 nitrogen and oxygen atoms in total. The molecule has 1 aromatic heterocycles. The topological polar surface area (TPSA) is 88.2 Å². The summed E-state index contributed by atoms with van der Waals surface area (Å²) in [6.07, 6.45) is 1.95. The van der Waals surface area contributed by atoms with Crippen LogP contribution in [-0.4, -0.2) is 25.6 Å². The Balaban J connectivity index is 1.84. The highest BCUT2D eigenvalue weighted by molar-refractivity contribution is 8.00. The van der Waals surface area contributed by atoms with Crippen molar-refractivity contribution in [3.05, 3.63) is 42.5 Å². The van der Waals surface area contributed by atoms with Crippen molar-refractivity contribution in [1.82, 2.24) is 4.98 Å². The second kappa shape index (κ2) is 7.03. The molecule has 3 aromatic rings. The Morgan fingerprint density at radius 1 is 1.12 bits per heavy atom. The number of carbonyl (C=O) groups is 1. The zero-order chi connectivity index (χ0) is 18.0. The Bertz CT molecular complexity index is 1030. The number of nitrogens with one attached hydrogen (secondary N) is 2. The molecule has 0 spiro atoms. The van der Waals surface area contributed by atoms with Gasteiger partial charge in [0, 0.05) is 12.6 Å². The number of thiazole rings is 1. The van der Waals surface area contributed by atoms with Crippen LogP contribution in [0.25, 0.3) is 10.2 Å². The first-order chi connectivity index (χ1) is 11.9. The summed E-state index contributed by atoms with van der Waals surface area (Å²) in [6.45, 7) is 1.39. The number of benzene rings is 2. The van der Waals surface area contributed by atoms with Crippen LogP contribution in [0.4, 0.5) is 11.4 Å². The summed E-state index contributed by atoms with van der Waals surface area (Å²) in [5, 5.41) is 2.60. The summed E-state index contributed by atoms with van der Waals surface area (Å²) in [4.78, 5) is 15.6. The number of anilines is 2. The monoisotopic (exact) mass is 393 g/mol. The van der Waals surface area contributed by atoms with E-state index in [0.717, 1.165) is 14.6 Å². The first-order valence-corrected chi connectivity index (χ1v) is 10.7. The highest BCUT2D eigenvalue weighted by atomic mass is 32.2. The molecule has 0 atom stereocenters. The second-order valence-corrected chi connectivity index (χ2v) is 8.94. The van der Waals surface area contributed by atoms with Crippen molar-refractivity contribution in [3.63, 3.8) is 0 Å². The van der Waals surface area contributed by atoms with E-state index in [1.807, 2.05) is 6.26 Å².